The third kappa shape index (κ3) is 3.03. The molecule has 13 heavy (non-hydrogen) atoms. The van der Waals surface area contributed by atoms with Gasteiger partial charge in [0.1, 0.15) is 5.75 Å². The summed E-state index contributed by atoms with van der Waals surface area (Å²) < 4.78 is 29.0. The van der Waals surface area contributed by atoms with Crippen LogP contribution in [0.2, 0.25) is 0 Å². The summed E-state index contributed by atoms with van der Waals surface area (Å²) in [5.74, 6) is 0.216. The highest BCUT2D eigenvalue weighted by Gasteiger charge is 2.05. The second kappa shape index (κ2) is 4.23. The van der Waals surface area contributed by atoms with Crippen LogP contribution in [-0.4, -0.2) is 0 Å². The van der Waals surface area contributed by atoms with Gasteiger partial charge in [0, 0.05) is 0 Å². The van der Waals surface area contributed by atoms with Gasteiger partial charge >= 0.3 is 6.01 Å². The van der Waals surface area contributed by atoms with Crippen molar-refractivity contribution in [1.29, 1.82) is 0 Å². The van der Waals surface area contributed by atoms with Crippen molar-refractivity contribution in [3.63, 3.8) is 0 Å². The lowest BCUT2D eigenvalue weighted by atomic mass is 10.2. The number of aryl methyl sites for hydroxylation is 1. The van der Waals surface area contributed by atoms with Gasteiger partial charge in [-0.25, -0.2) is 0 Å². The Balaban J connectivity index is 2.81. The molecule has 1 rings (SSSR count). The summed E-state index contributed by atoms with van der Waals surface area (Å²) in [6.45, 7) is 1.81. The molecule has 1 aromatic rings. The van der Waals surface area contributed by atoms with E-state index in [1.54, 1.807) is 12.1 Å². The first-order valence-electron chi connectivity index (χ1n) is 3.55. The molecule has 0 spiro atoms. The van der Waals surface area contributed by atoms with Gasteiger partial charge in [-0.15, -0.1) is 0 Å². The highest BCUT2D eigenvalue weighted by molar-refractivity contribution is 6.28. The second-order valence-electron chi connectivity index (χ2n) is 2.45. The smallest absolute Gasteiger partial charge is 0.326 e. The summed E-state index contributed by atoms with van der Waals surface area (Å²) >= 11 is 4.73. The first-order chi connectivity index (χ1) is 6.09. The van der Waals surface area contributed by atoms with E-state index in [0.717, 1.165) is 5.56 Å². The number of halogens is 3. The summed E-state index contributed by atoms with van der Waals surface area (Å²) in [6, 6.07) is 5.13. The average Bonchev–Trinajstić information content (AvgIpc) is 2.04. The van der Waals surface area contributed by atoms with Crippen molar-refractivity contribution in [2.75, 3.05) is 0 Å². The fourth-order valence-corrected chi connectivity index (χ4v) is 0.859. The van der Waals surface area contributed by atoms with Crippen LogP contribution < -0.4 is 4.74 Å². The quantitative estimate of drug-likeness (QED) is 0.668. The van der Waals surface area contributed by atoms with E-state index in [1.807, 2.05) is 13.0 Å². The molecule has 0 atom stereocenters. The maximum atomic E-state index is 12.5. The number of hydrogen-bond acceptors (Lipinski definition) is 1. The Bertz CT molecular complexity index is 332. The van der Waals surface area contributed by atoms with Crippen LogP contribution >= 0.6 is 11.6 Å². The third-order valence-corrected chi connectivity index (χ3v) is 1.49. The molecule has 0 heterocycles. The van der Waals surface area contributed by atoms with Gasteiger partial charge in [-0.3, -0.25) is 0 Å². The Morgan fingerprint density at radius 2 is 2.08 bits per heavy atom. The third-order valence-electron chi connectivity index (χ3n) is 1.35. The monoisotopic (exact) mass is 204 g/mol. The SMILES string of the molecule is Cc1cccc(O/C(F)=C(\F)Cl)c1. The van der Waals surface area contributed by atoms with Crippen LogP contribution in [0.3, 0.4) is 0 Å². The summed E-state index contributed by atoms with van der Waals surface area (Å²) in [5.41, 5.74) is 0.889. The van der Waals surface area contributed by atoms with E-state index >= 15 is 0 Å². The molecule has 0 N–H and O–H groups in total. The average molecular weight is 205 g/mol. The van der Waals surface area contributed by atoms with Crippen molar-refractivity contribution in [3.8, 4) is 5.75 Å². The predicted octanol–water partition coefficient (Wildman–Crippen LogP) is 3.68. The Morgan fingerprint density at radius 3 is 2.62 bits per heavy atom. The zero-order chi connectivity index (χ0) is 9.84. The van der Waals surface area contributed by atoms with E-state index in [1.165, 1.54) is 6.07 Å². The van der Waals surface area contributed by atoms with Crippen LogP contribution in [-0.2, 0) is 0 Å². The molecule has 0 amide bonds. The first kappa shape index (κ1) is 9.99. The minimum Gasteiger partial charge on any atom is -0.429 e. The van der Waals surface area contributed by atoms with E-state index in [-0.39, 0.29) is 5.75 Å². The van der Waals surface area contributed by atoms with E-state index in [4.69, 9.17) is 11.6 Å². The topological polar surface area (TPSA) is 9.23 Å². The minimum atomic E-state index is -1.48. The summed E-state index contributed by atoms with van der Waals surface area (Å²) in [7, 11) is 0. The molecule has 0 fully saturated rings. The highest BCUT2D eigenvalue weighted by Crippen LogP contribution is 2.19. The summed E-state index contributed by atoms with van der Waals surface area (Å²) in [6.07, 6.45) is 0. The van der Waals surface area contributed by atoms with Crippen LogP contribution in [0.15, 0.2) is 35.6 Å². The lowest BCUT2D eigenvalue weighted by Gasteiger charge is -2.02. The molecule has 1 nitrogen and oxygen atoms in total. The predicted molar refractivity (Wildman–Crippen MR) is 46.9 cm³/mol. The lowest BCUT2D eigenvalue weighted by Crippen LogP contribution is -1.90. The minimum absolute atomic E-state index is 0.216. The van der Waals surface area contributed by atoms with Crippen molar-refractivity contribution < 1.29 is 13.5 Å². The van der Waals surface area contributed by atoms with Gasteiger partial charge in [-0.1, -0.05) is 12.1 Å². The summed E-state index contributed by atoms with van der Waals surface area (Å²) in [5, 5.41) is -1.48. The molecule has 0 saturated heterocycles. The first-order valence-corrected chi connectivity index (χ1v) is 3.92. The van der Waals surface area contributed by atoms with Gasteiger partial charge in [0.2, 0.25) is 0 Å². The Morgan fingerprint density at radius 1 is 1.38 bits per heavy atom. The normalized spacial score (nSPS) is 12.3. The van der Waals surface area contributed by atoms with E-state index in [2.05, 4.69) is 4.74 Å². The molecule has 0 unspecified atom stereocenters. The largest absolute Gasteiger partial charge is 0.429 e. The molecule has 0 aromatic heterocycles. The number of benzene rings is 1. The van der Waals surface area contributed by atoms with Crippen LogP contribution in [0.25, 0.3) is 0 Å². The fraction of sp³-hybridized carbons (Fsp3) is 0.111. The molecule has 1 aromatic carbocycles. The van der Waals surface area contributed by atoms with Crippen molar-refractivity contribution in [2.45, 2.75) is 6.92 Å². The Labute approximate surface area is 79.6 Å². The van der Waals surface area contributed by atoms with Crippen LogP contribution in [0.5, 0.6) is 5.75 Å². The zero-order valence-corrected chi connectivity index (χ0v) is 7.61. The molecular formula is C9H7ClF2O. The molecule has 70 valence electrons. The molecule has 0 bridgehead atoms. The maximum absolute atomic E-state index is 12.5. The van der Waals surface area contributed by atoms with E-state index < -0.39 is 11.3 Å². The van der Waals surface area contributed by atoms with Gasteiger partial charge in [0.15, 0.2) is 0 Å². The molecule has 0 aliphatic carbocycles. The second-order valence-corrected chi connectivity index (χ2v) is 2.78. The van der Waals surface area contributed by atoms with Crippen LogP contribution in [0, 0.1) is 6.92 Å². The van der Waals surface area contributed by atoms with Crippen molar-refractivity contribution in [1.82, 2.24) is 0 Å². The molecular weight excluding hydrogens is 198 g/mol. The number of ether oxygens (including phenoxy) is 1. The Kier molecular flexibility index (Phi) is 3.25. The van der Waals surface area contributed by atoms with Gasteiger partial charge in [0.25, 0.3) is 5.29 Å². The van der Waals surface area contributed by atoms with Crippen LogP contribution in [0.1, 0.15) is 5.56 Å². The fourth-order valence-electron chi connectivity index (χ4n) is 0.821. The van der Waals surface area contributed by atoms with Crippen molar-refractivity contribution in [3.05, 3.63) is 41.1 Å². The van der Waals surface area contributed by atoms with Crippen molar-refractivity contribution >= 4 is 11.6 Å². The molecule has 0 saturated carbocycles. The molecule has 4 heteroatoms. The highest BCUT2D eigenvalue weighted by atomic mass is 35.5. The molecule has 0 aliphatic heterocycles. The molecule has 0 radical (unpaired) electrons. The van der Waals surface area contributed by atoms with Gasteiger partial charge < -0.3 is 4.74 Å². The maximum Gasteiger partial charge on any atom is 0.326 e. The van der Waals surface area contributed by atoms with Crippen LogP contribution in [0.4, 0.5) is 8.78 Å². The molecule has 0 aliphatic rings. The van der Waals surface area contributed by atoms with E-state index in [9.17, 15) is 8.78 Å². The Hall–Kier alpha value is -1.09. The van der Waals surface area contributed by atoms with E-state index in [0.29, 0.717) is 0 Å². The van der Waals surface area contributed by atoms with Crippen molar-refractivity contribution in [2.24, 2.45) is 0 Å². The standard InChI is InChI=1S/C9H7ClF2O/c1-6-3-2-4-7(5-6)13-9(12)8(10)11/h2-5H,1H3/b9-8-. The number of hydrogen-bond donors (Lipinski definition) is 0. The van der Waals surface area contributed by atoms with Gasteiger partial charge in [0.05, 0.1) is 0 Å². The van der Waals surface area contributed by atoms with Gasteiger partial charge in [-0.05, 0) is 36.2 Å². The zero-order valence-electron chi connectivity index (χ0n) is 6.85. The van der Waals surface area contributed by atoms with Gasteiger partial charge in [-0.2, -0.15) is 8.78 Å². The number of rotatable bonds is 2. The summed E-state index contributed by atoms with van der Waals surface area (Å²) in [4.78, 5) is 0. The lowest BCUT2D eigenvalue weighted by molar-refractivity contribution is 0.285.